The second-order valence-electron chi connectivity index (χ2n) is 5.80. The molecule has 0 amide bonds. The van der Waals surface area contributed by atoms with Gasteiger partial charge in [0.15, 0.2) is 0 Å². The molecule has 3 heterocycles. The van der Waals surface area contributed by atoms with Gasteiger partial charge in [0.25, 0.3) is 0 Å². The molecule has 0 atom stereocenters. The zero-order valence-corrected chi connectivity index (χ0v) is 13.3. The van der Waals surface area contributed by atoms with Gasteiger partial charge in [-0.1, -0.05) is 0 Å². The molecular formula is C17H19N7. The largest absolute Gasteiger partial charge is 0.356 e. The number of hydrogen-bond acceptors (Lipinski definition) is 6. The molecule has 0 spiro atoms. The molecule has 0 aliphatic carbocycles. The standard InChI is InChI=1S/C17H19N7/c1-2-10-23(11-3-1)16-8-9-19-17(22-16)21-14-4-6-15(7-5-14)24-13-18-12-20-24/h4-9,12-13H,1-3,10-11H2,(H,19,21,22). The summed E-state index contributed by atoms with van der Waals surface area (Å²) in [7, 11) is 0. The van der Waals surface area contributed by atoms with Gasteiger partial charge in [-0.15, -0.1) is 0 Å². The normalized spacial score (nSPS) is 14.6. The predicted molar refractivity (Wildman–Crippen MR) is 92.7 cm³/mol. The molecule has 122 valence electrons. The van der Waals surface area contributed by atoms with E-state index >= 15 is 0 Å². The lowest BCUT2D eigenvalue weighted by molar-refractivity contribution is 0.573. The average molecular weight is 321 g/mol. The van der Waals surface area contributed by atoms with Crippen molar-refractivity contribution in [1.82, 2.24) is 24.7 Å². The van der Waals surface area contributed by atoms with E-state index in [1.807, 2.05) is 36.5 Å². The Bertz CT molecular complexity index is 777. The van der Waals surface area contributed by atoms with Crippen molar-refractivity contribution >= 4 is 17.5 Å². The van der Waals surface area contributed by atoms with E-state index < -0.39 is 0 Å². The van der Waals surface area contributed by atoms with Crippen LogP contribution in [-0.2, 0) is 0 Å². The van der Waals surface area contributed by atoms with Crippen LogP contribution < -0.4 is 10.2 Å². The Morgan fingerprint density at radius 2 is 1.79 bits per heavy atom. The second-order valence-corrected chi connectivity index (χ2v) is 5.80. The number of anilines is 3. The van der Waals surface area contributed by atoms with Crippen LogP contribution in [-0.4, -0.2) is 37.8 Å². The third-order valence-electron chi connectivity index (χ3n) is 4.13. The Morgan fingerprint density at radius 3 is 2.54 bits per heavy atom. The first-order valence-electron chi connectivity index (χ1n) is 8.18. The molecule has 7 nitrogen and oxygen atoms in total. The van der Waals surface area contributed by atoms with Crippen molar-refractivity contribution in [3.63, 3.8) is 0 Å². The minimum atomic E-state index is 0.617. The van der Waals surface area contributed by atoms with Crippen molar-refractivity contribution in [1.29, 1.82) is 0 Å². The average Bonchev–Trinajstić information content (AvgIpc) is 3.18. The van der Waals surface area contributed by atoms with Crippen LogP contribution >= 0.6 is 0 Å². The summed E-state index contributed by atoms with van der Waals surface area (Å²) in [4.78, 5) is 15.2. The lowest BCUT2D eigenvalue weighted by Gasteiger charge is -2.27. The molecule has 4 rings (SSSR count). The lowest BCUT2D eigenvalue weighted by atomic mass is 10.1. The highest BCUT2D eigenvalue weighted by molar-refractivity contribution is 5.57. The zero-order chi connectivity index (χ0) is 16.2. The minimum Gasteiger partial charge on any atom is -0.356 e. The third-order valence-corrected chi connectivity index (χ3v) is 4.13. The van der Waals surface area contributed by atoms with Gasteiger partial charge in [0.2, 0.25) is 5.95 Å². The quantitative estimate of drug-likeness (QED) is 0.796. The summed E-state index contributed by atoms with van der Waals surface area (Å²) in [6.45, 7) is 2.14. The molecule has 3 aromatic rings. The Hall–Kier alpha value is -2.96. The molecule has 1 N–H and O–H groups in total. The molecule has 0 radical (unpaired) electrons. The van der Waals surface area contributed by atoms with Crippen molar-refractivity contribution < 1.29 is 0 Å². The van der Waals surface area contributed by atoms with Gasteiger partial charge in [-0.3, -0.25) is 0 Å². The summed E-state index contributed by atoms with van der Waals surface area (Å²) in [5.41, 5.74) is 1.90. The third kappa shape index (κ3) is 3.19. The van der Waals surface area contributed by atoms with Crippen LogP contribution in [0.3, 0.4) is 0 Å². The molecule has 1 aliphatic rings. The molecule has 0 bridgehead atoms. The highest BCUT2D eigenvalue weighted by Crippen LogP contribution is 2.20. The van der Waals surface area contributed by atoms with Crippen molar-refractivity contribution in [3.8, 4) is 5.69 Å². The SMILES string of the molecule is c1cc(N2CCCCC2)nc(Nc2ccc(-n3cncn3)cc2)n1. The first kappa shape index (κ1) is 14.6. The fraction of sp³-hybridized carbons (Fsp3) is 0.294. The highest BCUT2D eigenvalue weighted by Gasteiger charge is 2.12. The summed E-state index contributed by atoms with van der Waals surface area (Å²) >= 11 is 0. The molecule has 24 heavy (non-hydrogen) atoms. The van der Waals surface area contributed by atoms with Gasteiger partial charge >= 0.3 is 0 Å². The lowest BCUT2D eigenvalue weighted by Crippen LogP contribution is -2.30. The van der Waals surface area contributed by atoms with E-state index in [2.05, 4.69) is 30.3 Å². The molecule has 7 heteroatoms. The van der Waals surface area contributed by atoms with Crippen molar-refractivity contribution in [2.45, 2.75) is 19.3 Å². The number of aromatic nitrogens is 5. The fourth-order valence-electron chi connectivity index (χ4n) is 2.88. The van der Waals surface area contributed by atoms with Crippen LogP contribution in [0.1, 0.15) is 19.3 Å². The molecule has 1 aliphatic heterocycles. The maximum atomic E-state index is 4.64. The monoisotopic (exact) mass is 321 g/mol. The van der Waals surface area contributed by atoms with Gasteiger partial charge in [0, 0.05) is 25.0 Å². The Kier molecular flexibility index (Phi) is 4.05. The molecular weight excluding hydrogens is 302 g/mol. The first-order valence-corrected chi connectivity index (χ1v) is 8.18. The van der Waals surface area contributed by atoms with Gasteiger partial charge in [0.1, 0.15) is 18.5 Å². The van der Waals surface area contributed by atoms with Crippen LogP contribution in [0.15, 0.2) is 49.2 Å². The Morgan fingerprint density at radius 1 is 0.958 bits per heavy atom. The number of rotatable bonds is 4. The second kappa shape index (κ2) is 6.66. The predicted octanol–water partition coefficient (Wildman–Crippen LogP) is 2.79. The molecule has 1 aromatic carbocycles. The van der Waals surface area contributed by atoms with E-state index in [0.717, 1.165) is 30.3 Å². The topological polar surface area (TPSA) is 71.8 Å². The molecule has 2 aromatic heterocycles. The van der Waals surface area contributed by atoms with E-state index in [-0.39, 0.29) is 0 Å². The summed E-state index contributed by atoms with van der Waals surface area (Å²) < 4.78 is 1.72. The van der Waals surface area contributed by atoms with Gasteiger partial charge in [-0.25, -0.2) is 14.6 Å². The van der Waals surface area contributed by atoms with Crippen LogP contribution in [0.25, 0.3) is 5.69 Å². The van der Waals surface area contributed by atoms with E-state index in [9.17, 15) is 0 Å². The van der Waals surface area contributed by atoms with Gasteiger partial charge in [-0.05, 0) is 49.6 Å². The van der Waals surface area contributed by atoms with E-state index in [4.69, 9.17) is 0 Å². The summed E-state index contributed by atoms with van der Waals surface area (Å²) in [5, 5.41) is 7.38. The highest BCUT2D eigenvalue weighted by atomic mass is 15.3. The summed E-state index contributed by atoms with van der Waals surface area (Å²) in [6, 6.07) is 9.89. The van der Waals surface area contributed by atoms with Crippen molar-refractivity contribution in [2.75, 3.05) is 23.3 Å². The van der Waals surface area contributed by atoms with E-state index in [1.165, 1.54) is 25.6 Å². The van der Waals surface area contributed by atoms with Crippen molar-refractivity contribution in [3.05, 3.63) is 49.2 Å². The summed E-state index contributed by atoms with van der Waals surface area (Å²) in [6.07, 6.45) is 8.78. The van der Waals surface area contributed by atoms with Crippen LogP contribution in [0.4, 0.5) is 17.5 Å². The first-order chi connectivity index (χ1) is 11.9. The molecule has 1 fully saturated rings. The smallest absolute Gasteiger partial charge is 0.229 e. The van der Waals surface area contributed by atoms with Gasteiger partial charge < -0.3 is 10.2 Å². The van der Waals surface area contributed by atoms with Gasteiger partial charge in [0.05, 0.1) is 5.69 Å². The van der Waals surface area contributed by atoms with Gasteiger partial charge in [-0.2, -0.15) is 10.1 Å². The number of nitrogens with one attached hydrogen (secondary N) is 1. The van der Waals surface area contributed by atoms with Crippen LogP contribution in [0, 0.1) is 0 Å². The fourth-order valence-corrected chi connectivity index (χ4v) is 2.88. The number of nitrogens with zero attached hydrogens (tertiary/aromatic N) is 6. The summed E-state index contributed by atoms with van der Waals surface area (Å²) in [5.74, 6) is 1.61. The number of benzene rings is 1. The molecule has 1 saturated heterocycles. The number of piperidine rings is 1. The Labute approximate surface area is 140 Å². The maximum Gasteiger partial charge on any atom is 0.229 e. The maximum absolute atomic E-state index is 4.64. The minimum absolute atomic E-state index is 0.617. The van der Waals surface area contributed by atoms with E-state index in [0.29, 0.717) is 5.95 Å². The molecule has 0 unspecified atom stereocenters. The Balaban J connectivity index is 1.48. The van der Waals surface area contributed by atoms with Crippen LogP contribution in [0.2, 0.25) is 0 Å². The van der Waals surface area contributed by atoms with Crippen molar-refractivity contribution in [2.24, 2.45) is 0 Å². The van der Waals surface area contributed by atoms with E-state index in [1.54, 1.807) is 11.0 Å². The zero-order valence-electron chi connectivity index (χ0n) is 13.3. The van der Waals surface area contributed by atoms with Crippen LogP contribution in [0.5, 0.6) is 0 Å². The molecule has 0 saturated carbocycles. The number of hydrogen-bond donors (Lipinski definition) is 1.